The molecule has 0 aromatic heterocycles. The Bertz CT molecular complexity index is 688. The Morgan fingerprint density at radius 2 is 2.00 bits per heavy atom. The molecule has 3 aliphatic rings. The van der Waals surface area contributed by atoms with Crippen LogP contribution in [0.15, 0.2) is 18.2 Å². The fourth-order valence-electron chi connectivity index (χ4n) is 6.32. The van der Waals surface area contributed by atoms with E-state index in [2.05, 4.69) is 31.0 Å². The molecule has 128 valence electrons. The molecule has 0 spiro atoms. The van der Waals surface area contributed by atoms with Crippen molar-refractivity contribution in [2.75, 3.05) is 14.2 Å². The van der Waals surface area contributed by atoms with Gasteiger partial charge in [0, 0.05) is 12.5 Å². The predicted molar refractivity (Wildman–Crippen MR) is 96.2 cm³/mol. The van der Waals surface area contributed by atoms with Gasteiger partial charge < -0.3 is 9.47 Å². The number of aryl methyl sites for hydroxylation is 1. The molecule has 24 heavy (non-hydrogen) atoms. The smallest absolute Gasteiger partial charge is 0.133 e. The summed E-state index contributed by atoms with van der Waals surface area (Å²) in [7, 11) is 3.56. The number of fused-ring (bicyclic) bond motifs is 5. The first kappa shape index (κ1) is 16.0. The molecule has 0 aliphatic heterocycles. The van der Waals surface area contributed by atoms with Gasteiger partial charge in [0.25, 0.3) is 0 Å². The normalized spacial score (nSPS) is 40.2. The van der Waals surface area contributed by atoms with E-state index in [1.807, 2.05) is 7.11 Å². The Kier molecular flexibility index (Phi) is 3.69. The third-order valence-corrected chi connectivity index (χ3v) is 7.63. The van der Waals surface area contributed by atoms with E-state index in [9.17, 15) is 0 Å². The van der Waals surface area contributed by atoms with Gasteiger partial charge >= 0.3 is 0 Å². The largest absolute Gasteiger partial charge is 0.497 e. The van der Waals surface area contributed by atoms with Crippen LogP contribution in [0.1, 0.15) is 56.1 Å². The van der Waals surface area contributed by atoms with Gasteiger partial charge in [-0.05, 0) is 79.5 Å². The molecule has 0 radical (unpaired) electrons. The van der Waals surface area contributed by atoms with Crippen LogP contribution in [-0.4, -0.2) is 19.8 Å². The number of ether oxygens (including phenoxy) is 2. The fraction of sp³-hybridized carbons (Fsp3) is 0.636. The van der Waals surface area contributed by atoms with Gasteiger partial charge in [-0.1, -0.05) is 18.9 Å². The van der Waals surface area contributed by atoms with Crippen LogP contribution in [0.2, 0.25) is 0 Å². The highest BCUT2D eigenvalue weighted by Crippen LogP contribution is 2.65. The molecule has 1 aromatic rings. The number of benzene rings is 1. The molecule has 0 bridgehead atoms. The first-order valence-electron chi connectivity index (χ1n) is 9.28. The lowest BCUT2D eigenvalue weighted by Crippen LogP contribution is -2.51. The second-order valence-electron chi connectivity index (χ2n) is 8.15. The number of hydrogen-bond donors (Lipinski definition) is 0. The van der Waals surface area contributed by atoms with Gasteiger partial charge in [-0.3, -0.25) is 0 Å². The highest BCUT2D eigenvalue weighted by Gasteiger charge is 2.62. The van der Waals surface area contributed by atoms with Crippen molar-refractivity contribution >= 4 is 0 Å². The Labute approximate surface area is 145 Å². The Balaban J connectivity index is 1.69. The first-order chi connectivity index (χ1) is 11.6. The molecule has 2 heteroatoms. The zero-order valence-corrected chi connectivity index (χ0v) is 15.1. The summed E-state index contributed by atoms with van der Waals surface area (Å²) in [6, 6.07) is 6.69. The minimum absolute atomic E-state index is 0.127. The Morgan fingerprint density at radius 1 is 1.17 bits per heavy atom. The van der Waals surface area contributed by atoms with Crippen molar-refractivity contribution in [3.05, 3.63) is 29.3 Å². The minimum Gasteiger partial charge on any atom is -0.497 e. The van der Waals surface area contributed by atoms with E-state index in [4.69, 9.17) is 15.9 Å². The molecule has 1 aromatic carbocycles. The quantitative estimate of drug-likeness (QED) is 0.742. The minimum atomic E-state index is -0.358. The van der Waals surface area contributed by atoms with Crippen LogP contribution in [-0.2, 0) is 11.2 Å². The summed E-state index contributed by atoms with van der Waals surface area (Å²) < 4.78 is 11.4. The van der Waals surface area contributed by atoms with Gasteiger partial charge in [-0.15, -0.1) is 6.42 Å². The van der Waals surface area contributed by atoms with E-state index in [0.717, 1.165) is 24.5 Å². The maximum Gasteiger partial charge on any atom is 0.133 e. The van der Waals surface area contributed by atoms with Crippen LogP contribution < -0.4 is 4.74 Å². The number of methoxy groups -OCH3 is 2. The molecular weight excluding hydrogens is 296 g/mol. The second kappa shape index (κ2) is 5.53. The fourth-order valence-corrected chi connectivity index (χ4v) is 6.32. The van der Waals surface area contributed by atoms with Crippen molar-refractivity contribution < 1.29 is 9.47 Å². The summed E-state index contributed by atoms with van der Waals surface area (Å²) in [5.41, 5.74) is 2.82. The van der Waals surface area contributed by atoms with Gasteiger partial charge in [-0.2, -0.15) is 0 Å². The van der Waals surface area contributed by atoms with Gasteiger partial charge in [0.15, 0.2) is 0 Å². The van der Waals surface area contributed by atoms with E-state index in [1.165, 1.54) is 31.2 Å². The lowest BCUT2D eigenvalue weighted by molar-refractivity contribution is -0.0885. The first-order valence-corrected chi connectivity index (χ1v) is 9.28. The number of terminal acetylenes is 1. The Hall–Kier alpha value is -1.46. The molecule has 0 N–H and O–H groups in total. The molecule has 2 fully saturated rings. The van der Waals surface area contributed by atoms with Crippen molar-refractivity contribution in [3.8, 4) is 18.1 Å². The lowest BCUT2D eigenvalue weighted by Gasteiger charge is -2.53. The summed E-state index contributed by atoms with van der Waals surface area (Å²) in [5, 5.41) is 0. The van der Waals surface area contributed by atoms with Crippen LogP contribution in [0.3, 0.4) is 0 Å². The van der Waals surface area contributed by atoms with Gasteiger partial charge in [0.1, 0.15) is 11.4 Å². The number of rotatable bonds is 2. The standard InChI is InChI=1S/C22H28O2/c1-5-22(24-4)13-11-20-19-8-6-15-14-16(23-3)7-9-17(15)18(19)10-12-21(20,22)2/h1,7,9,14,18-20H,6,8,10-13H2,2-4H3. The zero-order chi connectivity index (χ0) is 16.9. The molecule has 4 rings (SSSR count). The summed E-state index contributed by atoms with van der Waals surface area (Å²) >= 11 is 0. The van der Waals surface area contributed by atoms with Crippen LogP contribution in [0.25, 0.3) is 0 Å². The summed E-state index contributed by atoms with van der Waals surface area (Å²) in [4.78, 5) is 0. The van der Waals surface area contributed by atoms with E-state index in [-0.39, 0.29) is 11.0 Å². The lowest BCUT2D eigenvalue weighted by atomic mass is 9.53. The molecule has 2 saturated carbocycles. The zero-order valence-electron chi connectivity index (χ0n) is 15.1. The van der Waals surface area contributed by atoms with E-state index < -0.39 is 0 Å². The monoisotopic (exact) mass is 324 g/mol. The average molecular weight is 324 g/mol. The number of hydrogen-bond acceptors (Lipinski definition) is 2. The third kappa shape index (κ3) is 1.94. The van der Waals surface area contributed by atoms with E-state index in [1.54, 1.807) is 12.7 Å². The highest BCUT2D eigenvalue weighted by atomic mass is 16.5. The van der Waals surface area contributed by atoms with Crippen LogP contribution in [0.4, 0.5) is 0 Å². The van der Waals surface area contributed by atoms with Crippen molar-refractivity contribution in [1.29, 1.82) is 0 Å². The van der Waals surface area contributed by atoms with Gasteiger partial charge in [-0.25, -0.2) is 0 Å². The molecular formula is C22H28O2. The summed E-state index contributed by atoms with van der Waals surface area (Å²) in [6.45, 7) is 2.40. The van der Waals surface area contributed by atoms with Crippen LogP contribution in [0, 0.1) is 29.6 Å². The molecule has 5 unspecified atom stereocenters. The third-order valence-electron chi connectivity index (χ3n) is 7.63. The topological polar surface area (TPSA) is 18.5 Å². The highest BCUT2D eigenvalue weighted by molar-refractivity contribution is 5.41. The SMILES string of the molecule is C#CC1(OC)CCC2C3CCc4cc(OC)ccc4C3CCC21C. The van der Waals surface area contributed by atoms with Crippen LogP contribution in [0.5, 0.6) is 5.75 Å². The molecule has 2 nitrogen and oxygen atoms in total. The van der Waals surface area contributed by atoms with Crippen molar-refractivity contribution in [2.45, 2.75) is 57.0 Å². The summed E-state index contributed by atoms with van der Waals surface area (Å²) in [5.74, 6) is 6.16. The molecule has 0 amide bonds. The maximum absolute atomic E-state index is 5.96. The molecule has 5 atom stereocenters. The van der Waals surface area contributed by atoms with Crippen molar-refractivity contribution in [2.24, 2.45) is 17.3 Å². The van der Waals surface area contributed by atoms with E-state index >= 15 is 0 Å². The van der Waals surface area contributed by atoms with Crippen LogP contribution >= 0.6 is 0 Å². The maximum atomic E-state index is 5.96. The van der Waals surface area contributed by atoms with E-state index in [0.29, 0.717) is 11.8 Å². The van der Waals surface area contributed by atoms with Gasteiger partial charge in [0.2, 0.25) is 0 Å². The second-order valence-corrected chi connectivity index (χ2v) is 8.15. The molecule has 3 aliphatic carbocycles. The molecule has 0 heterocycles. The van der Waals surface area contributed by atoms with Gasteiger partial charge in [0.05, 0.1) is 7.11 Å². The predicted octanol–water partition coefficient (Wildman–Crippen LogP) is 4.57. The average Bonchev–Trinajstić information content (AvgIpc) is 2.93. The summed E-state index contributed by atoms with van der Waals surface area (Å²) in [6.07, 6.45) is 13.0. The van der Waals surface area contributed by atoms with Crippen molar-refractivity contribution in [3.63, 3.8) is 0 Å². The Morgan fingerprint density at radius 3 is 2.71 bits per heavy atom. The molecule has 0 saturated heterocycles. The van der Waals surface area contributed by atoms with Crippen molar-refractivity contribution in [1.82, 2.24) is 0 Å².